The van der Waals surface area contributed by atoms with Gasteiger partial charge in [-0.3, -0.25) is 14.5 Å². The Morgan fingerprint density at radius 3 is 2.36 bits per heavy atom. The van der Waals surface area contributed by atoms with Crippen LogP contribution in [-0.4, -0.2) is 38.3 Å². The number of hydrogen-bond acceptors (Lipinski definition) is 4. The Hall–Kier alpha value is -2.31. The molecule has 22 heavy (non-hydrogen) atoms. The molecule has 0 saturated carbocycles. The predicted octanol–water partition coefficient (Wildman–Crippen LogP) is 2.98. The number of aromatic nitrogens is 4. The minimum Gasteiger partial charge on any atom is -0.290 e. The Balaban J connectivity index is 2.22. The van der Waals surface area contributed by atoms with Crippen molar-refractivity contribution in [2.75, 3.05) is 14.1 Å². The molecule has 0 fully saturated rings. The fourth-order valence-corrected chi connectivity index (χ4v) is 2.56. The van der Waals surface area contributed by atoms with Crippen molar-refractivity contribution in [1.82, 2.24) is 24.2 Å². The second-order valence-corrected chi connectivity index (χ2v) is 5.60. The summed E-state index contributed by atoms with van der Waals surface area (Å²) in [7, 11) is 3.99. The fourth-order valence-electron chi connectivity index (χ4n) is 2.27. The molecule has 3 rings (SSSR count). The van der Waals surface area contributed by atoms with Gasteiger partial charge in [0.2, 0.25) is 4.77 Å². The van der Waals surface area contributed by atoms with E-state index in [1.807, 2.05) is 70.7 Å². The average Bonchev–Trinajstić information content (AvgIpc) is 2.85. The molecule has 0 saturated heterocycles. The SMILES string of the molecule is CN(C)Cn1nc(-c2ccncc2)n(-c2ccccc2)c1=S. The highest BCUT2D eigenvalue weighted by Crippen LogP contribution is 2.22. The Kier molecular flexibility index (Phi) is 4.13. The van der Waals surface area contributed by atoms with Crippen molar-refractivity contribution in [3.8, 4) is 17.1 Å². The lowest BCUT2D eigenvalue weighted by Gasteiger charge is -2.08. The van der Waals surface area contributed by atoms with Crippen LogP contribution in [0.1, 0.15) is 0 Å². The minimum atomic E-state index is 0.636. The zero-order valence-electron chi connectivity index (χ0n) is 12.5. The average molecular weight is 311 g/mol. The first kappa shape index (κ1) is 14.6. The Morgan fingerprint density at radius 1 is 1.05 bits per heavy atom. The van der Waals surface area contributed by atoms with E-state index < -0.39 is 0 Å². The van der Waals surface area contributed by atoms with E-state index in [2.05, 4.69) is 4.98 Å². The molecule has 0 unspecified atom stereocenters. The molecule has 0 amide bonds. The number of benzene rings is 1. The second-order valence-electron chi connectivity index (χ2n) is 5.23. The molecule has 0 aliphatic carbocycles. The van der Waals surface area contributed by atoms with Crippen LogP contribution in [0.2, 0.25) is 0 Å². The van der Waals surface area contributed by atoms with E-state index in [4.69, 9.17) is 17.3 Å². The molecule has 0 radical (unpaired) electrons. The van der Waals surface area contributed by atoms with E-state index in [0.717, 1.165) is 17.1 Å². The Bertz CT molecular complexity index is 806. The van der Waals surface area contributed by atoms with Crippen molar-refractivity contribution in [2.24, 2.45) is 0 Å². The molecule has 1 aromatic carbocycles. The first-order valence-electron chi connectivity index (χ1n) is 6.97. The van der Waals surface area contributed by atoms with Crippen LogP contribution in [0.4, 0.5) is 0 Å². The predicted molar refractivity (Wildman–Crippen MR) is 89.3 cm³/mol. The highest BCUT2D eigenvalue weighted by atomic mass is 32.1. The summed E-state index contributed by atoms with van der Waals surface area (Å²) in [5, 5.41) is 4.70. The molecular weight excluding hydrogens is 294 g/mol. The summed E-state index contributed by atoms with van der Waals surface area (Å²) < 4.78 is 4.50. The first-order valence-corrected chi connectivity index (χ1v) is 7.38. The largest absolute Gasteiger partial charge is 0.290 e. The van der Waals surface area contributed by atoms with Gasteiger partial charge in [0.1, 0.15) is 0 Å². The van der Waals surface area contributed by atoms with Gasteiger partial charge in [0.25, 0.3) is 0 Å². The van der Waals surface area contributed by atoms with Crippen molar-refractivity contribution in [3.05, 3.63) is 59.6 Å². The second kappa shape index (κ2) is 6.21. The van der Waals surface area contributed by atoms with Gasteiger partial charge in [-0.1, -0.05) is 18.2 Å². The Labute approximate surface area is 134 Å². The lowest BCUT2D eigenvalue weighted by Crippen LogP contribution is -2.18. The molecule has 0 bridgehead atoms. The number of hydrogen-bond donors (Lipinski definition) is 0. The van der Waals surface area contributed by atoms with Crippen molar-refractivity contribution >= 4 is 12.2 Å². The molecule has 0 atom stereocenters. The van der Waals surface area contributed by atoms with Crippen molar-refractivity contribution in [3.63, 3.8) is 0 Å². The molecule has 5 nitrogen and oxygen atoms in total. The van der Waals surface area contributed by atoms with Gasteiger partial charge in [0.05, 0.1) is 6.67 Å². The maximum absolute atomic E-state index is 5.63. The van der Waals surface area contributed by atoms with Gasteiger partial charge in [-0.25, -0.2) is 4.68 Å². The molecular formula is C16H17N5S. The molecule has 2 aromatic heterocycles. The summed E-state index contributed by atoms with van der Waals surface area (Å²) in [4.78, 5) is 6.11. The monoisotopic (exact) mass is 311 g/mol. The smallest absolute Gasteiger partial charge is 0.204 e. The summed E-state index contributed by atoms with van der Waals surface area (Å²) in [5.41, 5.74) is 1.99. The molecule has 0 spiro atoms. The van der Waals surface area contributed by atoms with Crippen LogP contribution in [0.3, 0.4) is 0 Å². The van der Waals surface area contributed by atoms with E-state index in [0.29, 0.717) is 11.4 Å². The quantitative estimate of drug-likeness (QED) is 0.694. The summed E-state index contributed by atoms with van der Waals surface area (Å²) in [5.74, 6) is 0.820. The van der Waals surface area contributed by atoms with Crippen LogP contribution >= 0.6 is 12.2 Å². The van der Waals surface area contributed by atoms with Crippen molar-refractivity contribution in [1.29, 1.82) is 0 Å². The molecule has 0 N–H and O–H groups in total. The van der Waals surface area contributed by atoms with Gasteiger partial charge in [-0.05, 0) is 50.6 Å². The molecule has 2 heterocycles. The van der Waals surface area contributed by atoms with Crippen LogP contribution in [0.5, 0.6) is 0 Å². The highest BCUT2D eigenvalue weighted by molar-refractivity contribution is 7.71. The zero-order valence-corrected chi connectivity index (χ0v) is 13.4. The van der Waals surface area contributed by atoms with Gasteiger partial charge in [-0.2, -0.15) is 0 Å². The summed E-state index contributed by atoms with van der Waals surface area (Å²) in [6.07, 6.45) is 3.53. The topological polar surface area (TPSA) is 38.9 Å². The molecule has 0 aliphatic heterocycles. The van der Waals surface area contributed by atoms with Crippen LogP contribution in [0.15, 0.2) is 54.9 Å². The number of rotatable bonds is 4. The highest BCUT2D eigenvalue weighted by Gasteiger charge is 2.14. The maximum Gasteiger partial charge on any atom is 0.204 e. The summed E-state index contributed by atoms with van der Waals surface area (Å²) >= 11 is 5.63. The standard InChI is InChI=1S/C16H17N5S/c1-19(2)12-20-16(22)21(14-6-4-3-5-7-14)15(18-20)13-8-10-17-11-9-13/h3-11H,12H2,1-2H3. The molecule has 0 aliphatic rings. The van der Waals surface area contributed by atoms with Crippen LogP contribution in [0, 0.1) is 4.77 Å². The van der Waals surface area contributed by atoms with Gasteiger partial charge < -0.3 is 0 Å². The van der Waals surface area contributed by atoms with E-state index in [1.54, 1.807) is 12.4 Å². The molecule has 112 valence electrons. The third-order valence-electron chi connectivity index (χ3n) is 3.21. The van der Waals surface area contributed by atoms with E-state index in [1.165, 1.54) is 0 Å². The first-order chi connectivity index (χ1) is 10.7. The lowest BCUT2D eigenvalue weighted by molar-refractivity contribution is 0.304. The zero-order chi connectivity index (χ0) is 15.5. The number of para-hydroxylation sites is 1. The van der Waals surface area contributed by atoms with Gasteiger partial charge >= 0.3 is 0 Å². The summed E-state index contributed by atoms with van der Waals surface area (Å²) in [6.45, 7) is 0.636. The molecule has 6 heteroatoms. The van der Waals surface area contributed by atoms with Crippen LogP contribution < -0.4 is 0 Å². The Morgan fingerprint density at radius 2 is 1.73 bits per heavy atom. The molecule has 3 aromatic rings. The third-order valence-corrected chi connectivity index (χ3v) is 3.60. The van der Waals surface area contributed by atoms with E-state index in [9.17, 15) is 0 Å². The van der Waals surface area contributed by atoms with E-state index >= 15 is 0 Å². The van der Waals surface area contributed by atoms with Crippen LogP contribution in [-0.2, 0) is 6.67 Å². The van der Waals surface area contributed by atoms with Gasteiger partial charge in [0, 0.05) is 23.6 Å². The van der Waals surface area contributed by atoms with Crippen molar-refractivity contribution < 1.29 is 0 Å². The van der Waals surface area contributed by atoms with Gasteiger partial charge in [-0.15, -0.1) is 5.10 Å². The summed E-state index contributed by atoms with van der Waals surface area (Å²) in [6, 6.07) is 13.9. The minimum absolute atomic E-state index is 0.636. The number of nitrogens with zero attached hydrogens (tertiary/aromatic N) is 5. The number of pyridine rings is 1. The lowest BCUT2D eigenvalue weighted by atomic mass is 10.2. The van der Waals surface area contributed by atoms with Crippen molar-refractivity contribution in [2.45, 2.75) is 6.67 Å². The van der Waals surface area contributed by atoms with E-state index in [-0.39, 0.29) is 0 Å². The maximum atomic E-state index is 5.63. The fraction of sp³-hybridized carbons (Fsp3) is 0.188. The van der Waals surface area contributed by atoms with Gasteiger partial charge in [0.15, 0.2) is 5.82 Å². The third kappa shape index (κ3) is 2.84. The van der Waals surface area contributed by atoms with Crippen LogP contribution in [0.25, 0.3) is 17.1 Å². The normalized spacial score (nSPS) is 11.0.